The van der Waals surface area contributed by atoms with Gasteiger partial charge in [-0.05, 0) is 48.4 Å². The molecule has 5 heteroatoms. The highest BCUT2D eigenvalue weighted by molar-refractivity contribution is 6.05. The molecule has 148 valence electrons. The first-order valence-corrected chi connectivity index (χ1v) is 9.49. The van der Waals surface area contributed by atoms with E-state index in [0.717, 1.165) is 11.1 Å². The first-order valence-electron chi connectivity index (χ1n) is 9.49. The molecule has 3 aromatic carbocycles. The number of rotatable bonds is 8. The smallest absolute Gasteiger partial charge is 0.338 e. The van der Waals surface area contributed by atoms with E-state index in [9.17, 15) is 9.59 Å². The Morgan fingerprint density at radius 2 is 1.52 bits per heavy atom. The summed E-state index contributed by atoms with van der Waals surface area (Å²) >= 11 is 0. The highest BCUT2D eigenvalue weighted by Crippen LogP contribution is 2.20. The first-order chi connectivity index (χ1) is 14.2. The number of amides is 1. The van der Waals surface area contributed by atoms with Crippen LogP contribution >= 0.6 is 0 Å². The van der Waals surface area contributed by atoms with Crippen molar-refractivity contribution in [3.8, 4) is 11.1 Å². The van der Waals surface area contributed by atoms with Crippen molar-refractivity contribution in [3.63, 3.8) is 0 Å². The number of esters is 1. The fourth-order valence-corrected chi connectivity index (χ4v) is 2.79. The summed E-state index contributed by atoms with van der Waals surface area (Å²) in [6.07, 6.45) is 0. The van der Waals surface area contributed by atoms with Crippen LogP contribution in [0.4, 0.5) is 5.69 Å². The lowest BCUT2D eigenvalue weighted by molar-refractivity contribution is 0.0335. The molecule has 0 aliphatic carbocycles. The average molecular weight is 389 g/mol. The number of ether oxygens (including phenoxy) is 2. The molecule has 0 fully saturated rings. The third kappa shape index (κ3) is 5.77. The summed E-state index contributed by atoms with van der Waals surface area (Å²) in [7, 11) is 0. The van der Waals surface area contributed by atoms with Crippen molar-refractivity contribution >= 4 is 17.6 Å². The normalized spacial score (nSPS) is 10.4. The van der Waals surface area contributed by atoms with Crippen LogP contribution in [0.15, 0.2) is 78.9 Å². The summed E-state index contributed by atoms with van der Waals surface area (Å²) in [5.74, 6) is -0.695. The molecular formula is C24H23NO4. The van der Waals surface area contributed by atoms with Gasteiger partial charge in [0.2, 0.25) is 0 Å². The molecule has 0 aliphatic heterocycles. The van der Waals surface area contributed by atoms with E-state index in [1.54, 1.807) is 36.4 Å². The molecule has 0 saturated heterocycles. The summed E-state index contributed by atoms with van der Waals surface area (Å²) < 4.78 is 10.3. The van der Waals surface area contributed by atoms with Gasteiger partial charge >= 0.3 is 5.97 Å². The third-order valence-corrected chi connectivity index (χ3v) is 4.28. The summed E-state index contributed by atoms with van der Waals surface area (Å²) in [6, 6.07) is 24.0. The summed E-state index contributed by atoms with van der Waals surface area (Å²) in [5.41, 5.74) is 3.57. The number of hydrogen-bond donors (Lipinski definition) is 1. The second kappa shape index (κ2) is 10.2. The lowest BCUT2D eigenvalue weighted by atomic mass is 10.0. The molecule has 0 heterocycles. The highest BCUT2D eigenvalue weighted by atomic mass is 16.6. The summed E-state index contributed by atoms with van der Waals surface area (Å²) in [4.78, 5) is 24.6. The van der Waals surface area contributed by atoms with Gasteiger partial charge < -0.3 is 14.8 Å². The Kier molecular flexibility index (Phi) is 7.14. The fraction of sp³-hybridized carbons (Fsp3) is 0.167. The fourth-order valence-electron chi connectivity index (χ4n) is 2.79. The molecule has 0 aliphatic rings. The Hall–Kier alpha value is -3.44. The van der Waals surface area contributed by atoms with Crippen molar-refractivity contribution in [2.75, 3.05) is 25.1 Å². The van der Waals surface area contributed by atoms with Crippen LogP contribution in [0, 0.1) is 0 Å². The van der Waals surface area contributed by atoms with Crippen molar-refractivity contribution in [3.05, 3.63) is 90.0 Å². The maximum Gasteiger partial charge on any atom is 0.338 e. The van der Waals surface area contributed by atoms with Crippen LogP contribution in [0.2, 0.25) is 0 Å². The van der Waals surface area contributed by atoms with Gasteiger partial charge in [0.15, 0.2) is 0 Å². The monoisotopic (exact) mass is 389 g/mol. The molecule has 0 unspecified atom stereocenters. The Morgan fingerprint density at radius 1 is 0.793 bits per heavy atom. The van der Waals surface area contributed by atoms with Gasteiger partial charge in [0.1, 0.15) is 6.61 Å². The number of anilines is 1. The predicted octanol–water partition coefficient (Wildman–Crippen LogP) is 4.80. The zero-order chi connectivity index (χ0) is 20.5. The SMILES string of the molecule is CCOCCOC(=O)c1cccc(NC(=O)c2ccc(-c3ccccc3)cc2)c1. The van der Waals surface area contributed by atoms with E-state index in [1.165, 1.54) is 0 Å². The highest BCUT2D eigenvalue weighted by Gasteiger charge is 2.11. The molecule has 3 aromatic rings. The molecule has 0 spiro atoms. The van der Waals surface area contributed by atoms with Crippen LogP contribution in [-0.2, 0) is 9.47 Å². The predicted molar refractivity (Wildman–Crippen MR) is 113 cm³/mol. The van der Waals surface area contributed by atoms with Crippen LogP contribution in [-0.4, -0.2) is 31.7 Å². The molecule has 0 radical (unpaired) electrons. The van der Waals surface area contributed by atoms with E-state index in [2.05, 4.69) is 5.32 Å². The number of carbonyl (C=O) groups is 2. The lowest BCUT2D eigenvalue weighted by Crippen LogP contribution is -2.13. The molecule has 0 atom stereocenters. The van der Waals surface area contributed by atoms with E-state index in [1.807, 2.05) is 49.4 Å². The molecule has 0 bridgehead atoms. The van der Waals surface area contributed by atoms with Crippen LogP contribution in [0.1, 0.15) is 27.6 Å². The van der Waals surface area contributed by atoms with Crippen molar-refractivity contribution in [2.45, 2.75) is 6.92 Å². The van der Waals surface area contributed by atoms with Crippen molar-refractivity contribution < 1.29 is 19.1 Å². The largest absolute Gasteiger partial charge is 0.460 e. The van der Waals surface area contributed by atoms with Gasteiger partial charge in [0.05, 0.1) is 12.2 Å². The van der Waals surface area contributed by atoms with Crippen molar-refractivity contribution in [2.24, 2.45) is 0 Å². The minimum atomic E-state index is -0.451. The zero-order valence-electron chi connectivity index (χ0n) is 16.3. The standard InChI is InChI=1S/C24H23NO4/c1-2-28-15-16-29-24(27)21-9-6-10-22(17-21)25-23(26)20-13-11-19(12-14-20)18-7-4-3-5-8-18/h3-14,17H,2,15-16H2,1H3,(H,25,26). The van der Waals surface area contributed by atoms with Gasteiger partial charge in [-0.2, -0.15) is 0 Å². The van der Waals surface area contributed by atoms with Gasteiger partial charge in [-0.15, -0.1) is 0 Å². The van der Waals surface area contributed by atoms with Gasteiger partial charge in [-0.3, -0.25) is 4.79 Å². The average Bonchev–Trinajstić information content (AvgIpc) is 2.77. The van der Waals surface area contributed by atoms with Crippen LogP contribution in [0.5, 0.6) is 0 Å². The number of benzene rings is 3. The van der Waals surface area contributed by atoms with E-state index in [4.69, 9.17) is 9.47 Å². The van der Waals surface area contributed by atoms with Gasteiger partial charge in [-0.25, -0.2) is 4.79 Å². The van der Waals surface area contributed by atoms with Crippen LogP contribution in [0.25, 0.3) is 11.1 Å². The van der Waals surface area contributed by atoms with Gasteiger partial charge in [0, 0.05) is 17.9 Å². The van der Waals surface area contributed by atoms with Crippen LogP contribution < -0.4 is 5.32 Å². The molecule has 0 aromatic heterocycles. The van der Waals surface area contributed by atoms with Crippen molar-refractivity contribution in [1.82, 2.24) is 0 Å². The molecule has 3 rings (SSSR count). The molecule has 1 amide bonds. The minimum Gasteiger partial charge on any atom is -0.460 e. The van der Waals surface area contributed by atoms with E-state index < -0.39 is 5.97 Å². The van der Waals surface area contributed by atoms with E-state index in [-0.39, 0.29) is 12.5 Å². The Morgan fingerprint density at radius 3 is 2.24 bits per heavy atom. The third-order valence-electron chi connectivity index (χ3n) is 4.28. The van der Waals surface area contributed by atoms with E-state index >= 15 is 0 Å². The molecular weight excluding hydrogens is 366 g/mol. The Labute approximate surface area is 170 Å². The zero-order valence-corrected chi connectivity index (χ0v) is 16.3. The molecule has 29 heavy (non-hydrogen) atoms. The van der Waals surface area contributed by atoms with E-state index in [0.29, 0.717) is 30.0 Å². The molecule has 5 nitrogen and oxygen atoms in total. The number of hydrogen-bond acceptors (Lipinski definition) is 4. The van der Waals surface area contributed by atoms with Gasteiger partial charge in [0.25, 0.3) is 5.91 Å². The topological polar surface area (TPSA) is 64.6 Å². The Balaban J connectivity index is 1.62. The summed E-state index contributed by atoms with van der Waals surface area (Å²) in [6.45, 7) is 3.00. The Bertz CT molecular complexity index is 952. The minimum absolute atomic E-state index is 0.191. The maximum atomic E-state index is 12.5. The quantitative estimate of drug-likeness (QED) is 0.444. The second-order valence-corrected chi connectivity index (χ2v) is 6.31. The van der Waals surface area contributed by atoms with Crippen molar-refractivity contribution in [1.29, 1.82) is 0 Å². The lowest BCUT2D eigenvalue weighted by Gasteiger charge is -2.09. The molecule has 1 N–H and O–H groups in total. The summed E-state index contributed by atoms with van der Waals surface area (Å²) in [5, 5.41) is 2.82. The first kappa shape index (κ1) is 20.3. The number of nitrogens with one attached hydrogen (secondary N) is 1. The number of carbonyl (C=O) groups excluding carboxylic acids is 2. The van der Waals surface area contributed by atoms with Gasteiger partial charge in [-0.1, -0.05) is 48.5 Å². The van der Waals surface area contributed by atoms with Crippen LogP contribution in [0.3, 0.4) is 0 Å². The molecule has 0 saturated carbocycles. The second-order valence-electron chi connectivity index (χ2n) is 6.31. The maximum absolute atomic E-state index is 12.5.